The molecule has 1 aromatic carbocycles. The summed E-state index contributed by atoms with van der Waals surface area (Å²) in [6.45, 7) is 6.28. The predicted molar refractivity (Wildman–Crippen MR) is 123 cm³/mol. The highest BCUT2D eigenvalue weighted by Crippen LogP contribution is 2.29. The summed E-state index contributed by atoms with van der Waals surface area (Å²) in [7, 11) is 2.24. The van der Waals surface area contributed by atoms with E-state index in [-0.39, 0.29) is 5.97 Å². The number of fused-ring (bicyclic) bond motifs is 1. The monoisotopic (exact) mass is 420 g/mol. The van der Waals surface area contributed by atoms with Crippen LogP contribution in [0.25, 0.3) is 5.57 Å². The molecule has 2 aliphatic rings. The van der Waals surface area contributed by atoms with Crippen LogP contribution in [0.4, 0.5) is 5.95 Å². The van der Waals surface area contributed by atoms with Gasteiger partial charge in [0.15, 0.2) is 0 Å². The van der Waals surface area contributed by atoms with Crippen molar-refractivity contribution in [3.8, 4) is 0 Å². The summed E-state index contributed by atoms with van der Waals surface area (Å²) in [5.74, 6) is 1.03. The fourth-order valence-corrected chi connectivity index (χ4v) is 4.55. The SMILES string of the molecule is CCOC(=O)c1cnc(N2CCC(CN(C)CCC3=CCc4ccccc43)CC2)nc1. The van der Waals surface area contributed by atoms with Gasteiger partial charge in [0.05, 0.1) is 12.2 Å². The van der Waals surface area contributed by atoms with Gasteiger partial charge in [0.25, 0.3) is 0 Å². The number of anilines is 1. The van der Waals surface area contributed by atoms with Gasteiger partial charge in [-0.1, -0.05) is 30.3 Å². The van der Waals surface area contributed by atoms with Gasteiger partial charge in [-0.2, -0.15) is 0 Å². The fourth-order valence-electron chi connectivity index (χ4n) is 4.55. The molecular weight excluding hydrogens is 388 g/mol. The minimum atomic E-state index is -0.368. The van der Waals surface area contributed by atoms with E-state index in [2.05, 4.69) is 57.2 Å². The molecule has 2 aromatic rings. The first-order valence-corrected chi connectivity index (χ1v) is 11.3. The Morgan fingerprint density at radius 1 is 1.19 bits per heavy atom. The molecule has 31 heavy (non-hydrogen) atoms. The maximum absolute atomic E-state index is 11.8. The van der Waals surface area contributed by atoms with E-state index in [1.54, 1.807) is 19.3 Å². The third-order valence-electron chi connectivity index (χ3n) is 6.31. The number of hydrogen-bond acceptors (Lipinski definition) is 6. The number of ether oxygens (including phenoxy) is 1. The van der Waals surface area contributed by atoms with E-state index < -0.39 is 0 Å². The van der Waals surface area contributed by atoms with E-state index in [0.717, 1.165) is 51.9 Å². The lowest BCUT2D eigenvalue weighted by Crippen LogP contribution is -2.38. The Morgan fingerprint density at radius 3 is 2.68 bits per heavy atom. The van der Waals surface area contributed by atoms with E-state index in [0.29, 0.717) is 24.0 Å². The number of hydrogen-bond donors (Lipinski definition) is 0. The molecule has 0 amide bonds. The second kappa shape index (κ2) is 10.1. The number of rotatable bonds is 8. The second-order valence-electron chi connectivity index (χ2n) is 8.53. The van der Waals surface area contributed by atoms with Gasteiger partial charge in [0, 0.05) is 38.6 Å². The third-order valence-corrected chi connectivity index (χ3v) is 6.31. The highest BCUT2D eigenvalue weighted by Gasteiger charge is 2.23. The summed E-state index contributed by atoms with van der Waals surface area (Å²) in [6.07, 6.45) is 10.00. The normalized spacial score (nSPS) is 16.4. The van der Waals surface area contributed by atoms with Crippen molar-refractivity contribution in [2.45, 2.75) is 32.6 Å². The van der Waals surface area contributed by atoms with Crippen LogP contribution < -0.4 is 4.90 Å². The summed E-state index contributed by atoms with van der Waals surface area (Å²) in [4.78, 5) is 25.2. The van der Waals surface area contributed by atoms with Gasteiger partial charge < -0.3 is 14.5 Å². The van der Waals surface area contributed by atoms with Crippen molar-refractivity contribution in [2.24, 2.45) is 5.92 Å². The average Bonchev–Trinajstić information content (AvgIpc) is 3.22. The number of aromatic nitrogens is 2. The summed E-state index contributed by atoms with van der Waals surface area (Å²) in [6, 6.07) is 8.77. The predicted octanol–water partition coefficient (Wildman–Crippen LogP) is 3.83. The Labute approximate surface area is 184 Å². The van der Waals surface area contributed by atoms with Crippen molar-refractivity contribution in [1.82, 2.24) is 14.9 Å². The standard InChI is InChI=1S/C25H32N4O2/c1-3-31-24(30)22-16-26-25(27-17-22)29-14-10-19(11-15-29)18-28(2)13-12-21-9-8-20-6-4-5-7-23(20)21/h4-7,9,16-17,19H,3,8,10-15,18H2,1-2H3. The van der Waals surface area contributed by atoms with Crippen LogP contribution >= 0.6 is 0 Å². The molecule has 1 aromatic heterocycles. The van der Waals surface area contributed by atoms with Crippen molar-refractivity contribution >= 4 is 17.5 Å². The second-order valence-corrected chi connectivity index (χ2v) is 8.53. The molecule has 1 fully saturated rings. The van der Waals surface area contributed by atoms with Crippen molar-refractivity contribution in [2.75, 3.05) is 44.7 Å². The molecule has 6 heteroatoms. The van der Waals surface area contributed by atoms with Crippen molar-refractivity contribution in [3.63, 3.8) is 0 Å². The van der Waals surface area contributed by atoms with Gasteiger partial charge in [0.1, 0.15) is 0 Å². The average molecular weight is 421 g/mol. The van der Waals surface area contributed by atoms with Gasteiger partial charge in [-0.05, 0) is 62.3 Å². The highest BCUT2D eigenvalue weighted by molar-refractivity contribution is 5.88. The zero-order valence-electron chi connectivity index (χ0n) is 18.6. The van der Waals surface area contributed by atoms with Gasteiger partial charge in [0.2, 0.25) is 5.95 Å². The molecular formula is C25H32N4O2. The first-order chi connectivity index (χ1) is 15.1. The zero-order valence-corrected chi connectivity index (χ0v) is 18.6. The van der Waals surface area contributed by atoms with Gasteiger partial charge in [-0.3, -0.25) is 0 Å². The molecule has 0 saturated carbocycles. The maximum atomic E-state index is 11.8. The number of piperidine rings is 1. The highest BCUT2D eigenvalue weighted by atomic mass is 16.5. The first-order valence-electron chi connectivity index (χ1n) is 11.3. The smallest absolute Gasteiger partial charge is 0.341 e. The summed E-state index contributed by atoms with van der Waals surface area (Å²) >= 11 is 0. The fraction of sp³-hybridized carbons (Fsp3) is 0.480. The van der Waals surface area contributed by atoms with E-state index in [9.17, 15) is 4.79 Å². The minimum Gasteiger partial charge on any atom is -0.462 e. The molecule has 1 aliphatic carbocycles. The number of carbonyl (C=O) groups is 1. The number of benzene rings is 1. The maximum Gasteiger partial charge on any atom is 0.341 e. The molecule has 0 radical (unpaired) electrons. The number of nitrogens with zero attached hydrogens (tertiary/aromatic N) is 4. The van der Waals surface area contributed by atoms with Crippen LogP contribution in [0.3, 0.4) is 0 Å². The van der Waals surface area contributed by atoms with Gasteiger partial charge in [-0.15, -0.1) is 0 Å². The Hall–Kier alpha value is -2.73. The Balaban J connectivity index is 1.21. The molecule has 2 heterocycles. The van der Waals surface area contributed by atoms with Crippen LogP contribution in [0.2, 0.25) is 0 Å². The Bertz CT molecular complexity index is 917. The van der Waals surface area contributed by atoms with Gasteiger partial charge in [-0.25, -0.2) is 14.8 Å². The van der Waals surface area contributed by atoms with Crippen molar-refractivity contribution < 1.29 is 9.53 Å². The Morgan fingerprint density at radius 2 is 1.94 bits per heavy atom. The molecule has 6 nitrogen and oxygen atoms in total. The first kappa shape index (κ1) is 21.5. The number of esters is 1. The third kappa shape index (κ3) is 5.31. The van der Waals surface area contributed by atoms with E-state index >= 15 is 0 Å². The molecule has 1 saturated heterocycles. The minimum absolute atomic E-state index is 0.355. The largest absolute Gasteiger partial charge is 0.462 e. The van der Waals surface area contributed by atoms with Gasteiger partial charge >= 0.3 is 5.97 Å². The number of allylic oxidation sites excluding steroid dienone is 1. The molecule has 0 N–H and O–H groups in total. The summed E-state index contributed by atoms with van der Waals surface area (Å²) in [5.41, 5.74) is 4.81. The summed E-state index contributed by atoms with van der Waals surface area (Å²) in [5, 5.41) is 0. The van der Waals surface area contributed by atoms with Crippen LogP contribution in [-0.2, 0) is 11.2 Å². The molecule has 1 aliphatic heterocycles. The van der Waals surface area contributed by atoms with Crippen LogP contribution in [0, 0.1) is 5.92 Å². The lowest BCUT2D eigenvalue weighted by molar-refractivity contribution is 0.0525. The van der Waals surface area contributed by atoms with Crippen LogP contribution in [0.15, 0.2) is 42.7 Å². The molecule has 0 bridgehead atoms. The van der Waals surface area contributed by atoms with E-state index in [4.69, 9.17) is 4.74 Å². The molecule has 4 rings (SSSR count). The van der Waals surface area contributed by atoms with E-state index in [1.807, 2.05) is 0 Å². The van der Waals surface area contributed by atoms with Crippen molar-refractivity contribution in [1.29, 1.82) is 0 Å². The van der Waals surface area contributed by atoms with Crippen LogP contribution in [-0.4, -0.2) is 60.7 Å². The van der Waals surface area contributed by atoms with Crippen LogP contribution in [0.1, 0.15) is 47.7 Å². The summed E-state index contributed by atoms with van der Waals surface area (Å²) < 4.78 is 4.99. The Kier molecular flexibility index (Phi) is 6.97. The number of carbonyl (C=O) groups excluding carboxylic acids is 1. The van der Waals surface area contributed by atoms with Crippen LogP contribution in [0.5, 0.6) is 0 Å². The zero-order chi connectivity index (χ0) is 21.6. The molecule has 0 atom stereocenters. The van der Waals surface area contributed by atoms with Crippen molar-refractivity contribution in [3.05, 3.63) is 59.4 Å². The molecule has 0 unspecified atom stereocenters. The quantitative estimate of drug-likeness (QED) is 0.605. The lowest BCUT2D eigenvalue weighted by Gasteiger charge is -2.34. The topological polar surface area (TPSA) is 58.6 Å². The molecule has 164 valence electrons. The molecule has 0 spiro atoms. The van der Waals surface area contributed by atoms with E-state index in [1.165, 1.54) is 16.7 Å². The lowest BCUT2D eigenvalue weighted by atomic mass is 9.96.